The zero-order valence-corrected chi connectivity index (χ0v) is 21.3. The summed E-state index contributed by atoms with van der Waals surface area (Å²) in [5.74, 6) is 0.729. The Bertz CT molecular complexity index is 1120. The first-order valence-corrected chi connectivity index (χ1v) is 12.7. The van der Waals surface area contributed by atoms with E-state index in [1.165, 1.54) is 0 Å². The van der Waals surface area contributed by atoms with Gasteiger partial charge in [-0.25, -0.2) is 0 Å². The van der Waals surface area contributed by atoms with Crippen LogP contribution in [0.3, 0.4) is 0 Å². The van der Waals surface area contributed by atoms with Gasteiger partial charge in [-0.3, -0.25) is 14.4 Å². The maximum Gasteiger partial charge on any atom is 0.229 e. The Morgan fingerprint density at radius 1 is 1.03 bits per heavy atom. The first-order valence-electron chi connectivity index (χ1n) is 12.7. The lowest BCUT2D eigenvalue weighted by atomic mass is 9.83. The molecular formula is C28H35N3O5. The number of para-hydroxylation sites is 1. The maximum absolute atomic E-state index is 13.7. The average Bonchev–Trinajstić information content (AvgIpc) is 3.33. The van der Waals surface area contributed by atoms with Crippen molar-refractivity contribution >= 4 is 29.1 Å². The predicted octanol–water partition coefficient (Wildman–Crippen LogP) is 4.55. The molecule has 2 aromatic carbocycles. The fourth-order valence-electron chi connectivity index (χ4n) is 5.23. The smallest absolute Gasteiger partial charge is 0.229 e. The van der Waals surface area contributed by atoms with E-state index in [2.05, 4.69) is 12.2 Å². The number of amides is 3. The third-order valence-electron chi connectivity index (χ3n) is 7.06. The van der Waals surface area contributed by atoms with Crippen molar-refractivity contribution in [3.63, 3.8) is 0 Å². The fraction of sp³-hybridized carbons (Fsp3) is 0.464. The second-order valence-electron chi connectivity index (χ2n) is 9.30. The largest absolute Gasteiger partial charge is 0.496 e. The lowest BCUT2D eigenvalue weighted by Crippen LogP contribution is -2.47. The molecule has 2 aliphatic heterocycles. The van der Waals surface area contributed by atoms with Gasteiger partial charge >= 0.3 is 0 Å². The zero-order chi connectivity index (χ0) is 25.7. The Morgan fingerprint density at radius 2 is 1.81 bits per heavy atom. The first-order chi connectivity index (χ1) is 17.5. The highest BCUT2D eigenvalue weighted by atomic mass is 16.5. The summed E-state index contributed by atoms with van der Waals surface area (Å²) in [6, 6.07) is 12.5. The summed E-state index contributed by atoms with van der Waals surface area (Å²) < 4.78 is 11.2. The van der Waals surface area contributed by atoms with E-state index in [4.69, 9.17) is 9.47 Å². The number of likely N-dealkylation sites (tertiary alicyclic amines) is 1. The number of piperidine rings is 1. The number of nitrogens with one attached hydrogen (secondary N) is 1. The topological polar surface area (TPSA) is 88.2 Å². The molecule has 0 spiro atoms. The number of hydrogen-bond acceptors (Lipinski definition) is 5. The number of rotatable bonds is 9. The normalized spacial score (nSPS) is 20.0. The Hall–Kier alpha value is -3.55. The van der Waals surface area contributed by atoms with Crippen molar-refractivity contribution in [2.75, 3.05) is 37.5 Å². The van der Waals surface area contributed by atoms with Crippen LogP contribution in [0.25, 0.3) is 0 Å². The standard InChI is InChI=1S/C28H35N3O5/c1-4-5-16-31-26(33)15-13-21(27(31)20-9-6-7-10-23(20)35-2)28(34)29-19-12-14-22(24(18-19)36-3)30-17-8-11-25(30)32/h6-7,9-10,12,14,18,21,27H,4-5,8,11,13,15-17H2,1-3H3,(H,29,34). The average molecular weight is 494 g/mol. The van der Waals surface area contributed by atoms with E-state index in [1.807, 2.05) is 35.2 Å². The van der Waals surface area contributed by atoms with Crippen LogP contribution < -0.4 is 19.7 Å². The van der Waals surface area contributed by atoms with Crippen LogP contribution in [-0.4, -0.2) is 49.9 Å². The van der Waals surface area contributed by atoms with Gasteiger partial charge in [0, 0.05) is 43.2 Å². The van der Waals surface area contributed by atoms with Gasteiger partial charge in [-0.1, -0.05) is 31.5 Å². The molecule has 36 heavy (non-hydrogen) atoms. The summed E-state index contributed by atoms with van der Waals surface area (Å²) in [6.07, 6.45) is 3.94. The zero-order valence-electron chi connectivity index (χ0n) is 21.3. The van der Waals surface area contributed by atoms with Crippen molar-refractivity contribution in [2.24, 2.45) is 5.92 Å². The lowest BCUT2D eigenvalue weighted by Gasteiger charge is -2.41. The van der Waals surface area contributed by atoms with E-state index in [1.54, 1.807) is 31.3 Å². The number of benzene rings is 2. The van der Waals surface area contributed by atoms with Gasteiger partial charge in [-0.2, -0.15) is 0 Å². The Labute approximate surface area is 212 Å². The molecule has 2 saturated heterocycles. The van der Waals surface area contributed by atoms with Crippen molar-refractivity contribution in [1.82, 2.24) is 4.90 Å². The molecule has 8 nitrogen and oxygen atoms in total. The number of carbonyl (C=O) groups excluding carboxylic acids is 3. The Kier molecular flexibility index (Phi) is 8.13. The highest BCUT2D eigenvalue weighted by molar-refractivity contribution is 5.98. The van der Waals surface area contributed by atoms with Crippen molar-refractivity contribution in [2.45, 2.75) is 51.5 Å². The molecule has 8 heteroatoms. The lowest BCUT2D eigenvalue weighted by molar-refractivity contribution is -0.142. The van der Waals surface area contributed by atoms with Gasteiger partial charge in [0.2, 0.25) is 17.7 Å². The van der Waals surface area contributed by atoms with Gasteiger partial charge in [0.25, 0.3) is 0 Å². The predicted molar refractivity (Wildman–Crippen MR) is 138 cm³/mol. The molecule has 192 valence electrons. The van der Waals surface area contributed by atoms with E-state index in [9.17, 15) is 14.4 Å². The number of carbonyl (C=O) groups is 3. The highest BCUT2D eigenvalue weighted by Gasteiger charge is 2.41. The third kappa shape index (κ3) is 5.17. The van der Waals surface area contributed by atoms with Gasteiger partial charge in [0.05, 0.1) is 31.9 Å². The number of unbranched alkanes of at least 4 members (excludes halogenated alkanes) is 1. The van der Waals surface area contributed by atoms with Crippen molar-refractivity contribution in [3.8, 4) is 11.5 Å². The summed E-state index contributed by atoms with van der Waals surface area (Å²) in [4.78, 5) is 42.5. The van der Waals surface area contributed by atoms with Crippen LogP contribution >= 0.6 is 0 Å². The van der Waals surface area contributed by atoms with E-state index in [-0.39, 0.29) is 17.7 Å². The molecule has 0 radical (unpaired) electrons. The molecule has 0 aromatic heterocycles. The van der Waals surface area contributed by atoms with Gasteiger partial charge in [-0.05, 0) is 37.5 Å². The summed E-state index contributed by atoms with van der Waals surface area (Å²) in [5, 5.41) is 3.04. The van der Waals surface area contributed by atoms with E-state index in [0.717, 1.165) is 24.8 Å². The number of methoxy groups -OCH3 is 2. The monoisotopic (exact) mass is 493 g/mol. The first kappa shape index (κ1) is 25.5. The summed E-state index contributed by atoms with van der Waals surface area (Å²) in [6.45, 7) is 3.34. The molecule has 0 bridgehead atoms. The summed E-state index contributed by atoms with van der Waals surface area (Å²) in [7, 11) is 3.16. The molecule has 0 saturated carbocycles. The molecule has 2 unspecified atom stereocenters. The van der Waals surface area contributed by atoms with Gasteiger partial charge in [0.1, 0.15) is 11.5 Å². The molecule has 1 N–H and O–H groups in total. The number of nitrogens with zero attached hydrogens (tertiary/aromatic N) is 2. The van der Waals surface area contributed by atoms with Crippen LogP contribution in [0.2, 0.25) is 0 Å². The quantitative estimate of drug-likeness (QED) is 0.554. The van der Waals surface area contributed by atoms with Crippen LogP contribution in [0.5, 0.6) is 11.5 Å². The van der Waals surface area contributed by atoms with Crippen molar-refractivity contribution < 1.29 is 23.9 Å². The van der Waals surface area contributed by atoms with Gasteiger partial charge in [0.15, 0.2) is 0 Å². The minimum Gasteiger partial charge on any atom is -0.496 e. The van der Waals surface area contributed by atoms with Crippen LogP contribution in [0.15, 0.2) is 42.5 Å². The van der Waals surface area contributed by atoms with Crippen molar-refractivity contribution in [3.05, 3.63) is 48.0 Å². The van der Waals surface area contributed by atoms with Crippen molar-refractivity contribution in [1.29, 1.82) is 0 Å². The van der Waals surface area contributed by atoms with Crippen LogP contribution in [-0.2, 0) is 14.4 Å². The summed E-state index contributed by atoms with van der Waals surface area (Å²) in [5.41, 5.74) is 2.13. The molecule has 2 atom stereocenters. The SMILES string of the molecule is CCCCN1C(=O)CCC(C(=O)Nc2ccc(N3CCCC3=O)c(OC)c2)C1c1ccccc1OC. The molecule has 2 aliphatic rings. The summed E-state index contributed by atoms with van der Waals surface area (Å²) >= 11 is 0. The molecular weight excluding hydrogens is 458 g/mol. The number of anilines is 2. The van der Waals surface area contributed by atoms with E-state index >= 15 is 0 Å². The van der Waals surface area contributed by atoms with Crippen LogP contribution in [0.1, 0.15) is 57.1 Å². The fourth-order valence-corrected chi connectivity index (χ4v) is 5.23. The Morgan fingerprint density at radius 3 is 2.50 bits per heavy atom. The second-order valence-corrected chi connectivity index (χ2v) is 9.30. The molecule has 4 rings (SSSR count). The minimum absolute atomic E-state index is 0.0599. The molecule has 2 aromatic rings. The molecule has 2 fully saturated rings. The van der Waals surface area contributed by atoms with Crippen LogP contribution in [0.4, 0.5) is 11.4 Å². The maximum atomic E-state index is 13.7. The Balaban J connectivity index is 1.62. The third-order valence-corrected chi connectivity index (χ3v) is 7.06. The molecule has 0 aliphatic carbocycles. The number of hydrogen-bond donors (Lipinski definition) is 1. The van der Waals surface area contributed by atoms with E-state index < -0.39 is 12.0 Å². The van der Waals surface area contributed by atoms with Gasteiger partial charge in [-0.15, -0.1) is 0 Å². The van der Waals surface area contributed by atoms with E-state index in [0.29, 0.717) is 55.2 Å². The minimum atomic E-state index is -0.443. The second kappa shape index (κ2) is 11.5. The van der Waals surface area contributed by atoms with Crippen LogP contribution in [0, 0.1) is 5.92 Å². The highest BCUT2D eigenvalue weighted by Crippen LogP contribution is 2.42. The van der Waals surface area contributed by atoms with Gasteiger partial charge < -0.3 is 24.6 Å². The molecule has 3 amide bonds. The number of ether oxygens (including phenoxy) is 2. The molecule has 2 heterocycles.